The fraction of sp³-hybridized carbons (Fsp3) is 0.462. The fourth-order valence-electron chi connectivity index (χ4n) is 2.85. The molecule has 1 atom stereocenters. The molecule has 0 amide bonds. The number of H-pyrrole nitrogens is 1. The van der Waals surface area contributed by atoms with Gasteiger partial charge in [0.25, 0.3) is 0 Å². The van der Waals surface area contributed by atoms with Gasteiger partial charge >= 0.3 is 0 Å². The van der Waals surface area contributed by atoms with Crippen LogP contribution in [-0.4, -0.2) is 29.5 Å². The van der Waals surface area contributed by atoms with Gasteiger partial charge in [0.2, 0.25) is 10.0 Å². The summed E-state index contributed by atoms with van der Waals surface area (Å²) < 4.78 is 27.4. The van der Waals surface area contributed by atoms with Crippen molar-refractivity contribution in [3.05, 3.63) is 33.3 Å². The standard InChI is InChI=1S/C13H17N3O2S2/c1-8-13(9(2)15-14-8)20(17,18)16-6-4-12-11(10(16)3)5-7-19-12/h5,7,10H,4,6H2,1-3H3,(H,14,15). The third kappa shape index (κ3) is 1.92. The molecule has 0 fully saturated rings. The van der Waals surface area contributed by atoms with Gasteiger partial charge in [-0.05, 0) is 44.2 Å². The molecular weight excluding hydrogens is 294 g/mol. The molecule has 7 heteroatoms. The molecule has 1 aliphatic rings. The number of aryl methyl sites for hydroxylation is 2. The maximum Gasteiger partial charge on any atom is 0.247 e. The Hall–Kier alpha value is -1.18. The minimum atomic E-state index is -3.51. The molecule has 3 rings (SSSR count). The highest BCUT2D eigenvalue weighted by Crippen LogP contribution is 2.37. The molecule has 108 valence electrons. The van der Waals surface area contributed by atoms with Gasteiger partial charge in [0, 0.05) is 17.5 Å². The zero-order valence-corrected chi connectivity index (χ0v) is 13.3. The predicted octanol–water partition coefficient (Wildman–Crippen LogP) is 2.40. The zero-order chi connectivity index (χ0) is 14.5. The maximum atomic E-state index is 12.9. The molecule has 2 aromatic heterocycles. The molecule has 0 saturated heterocycles. The number of nitrogens with one attached hydrogen (secondary N) is 1. The van der Waals surface area contributed by atoms with Crippen molar-refractivity contribution >= 4 is 21.4 Å². The van der Waals surface area contributed by atoms with E-state index in [0.717, 1.165) is 12.0 Å². The summed E-state index contributed by atoms with van der Waals surface area (Å²) in [5, 5.41) is 8.80. The monoisotopic (exact) mass is 311 g/mol. The molecule has 5 nitrogen and oxygen atoms in total. The Morgan fingerprint density at radius 3 is 2.85 bits per heavy atom. The van der Waals surface area contributed by atoms with Gasteiger partial charge in [0.1, 0.15) is 4.90 Å². The number of thiophene rings is 1. The Balaban J connectivity index is 2.06. The molecule has 2 aromatic rings. The summed E-state index contributed by atoms with van der Waals surface area (Å²) in [6.07, 6.45) is 0.784. The second-order valence-corrected chi connectivity index (χ2v) is 7.93. The quantitative estimate of drug-likeness (QED) is 0.926. The summed E-state index contributed by atoms with van der Waals surface area (Å²) in [5.41, 5.74) is 2.26. The van der Waals surface area contributed by atoms with Crippen LogP contribution >= 0.6 is 11.3 Å². The number of fused-ring (bicyclic) bond motifs is 1. The van der Waals surface area contributed by atoms with Crippen molar-refractivity contribution in [2.45, 2.75) is 38.1 Å². The Kier molecular flexibility index (Phi) is 3.23. The molecule has 0 bridgehead atoms. The maximum absolute atomic E-state index is 12.9. The first kappa shape index (κ1) is 13.8. The van der Waals surface area contributed by atoms with Crippen LogP contribution in [0.4, 0.5) is 0 Å². The predicted molar refractivity (Wildman–Crippen MR) is 78.4 cm³/mol. The van der Waals surface area contributed by atoms with Crippen LogP contribution in [0.1, 0.15) is 34.8 Å². The molecule has 0 saturated carbocycles. The minimum Gasteiger partial charge on any atom is -0.281 e. The number of sulfonamides is 1. The Morgan fingerprint density at radius 2 is 2.20 bits per heavy atom. The van der Waals surface area contributed by atoms with E-state index in [9.17, 15) is 8.42 Å². The molecule has 0 aliphatic carbocycles. The van der Waals surface area contributed by atoms with Gasteiger partial charge in [-0.15, -0.1) is 11.3 Å². The number of aromatic nitrogens is 2. The van der Waals surface area contributed by atoms with Crippen LogP contribution in [0.3, 0.4) is 0 Å². The topological polar surface area (TPSA) is 66.1 Å². The first-order chi connectivity index (χ1) is 9.43. The van der Waals surface area contributed by atoms with E-state index in [1.54, 1.807) is 29.5 Å². The lowest BCUT2D eigenvalue weighted by Crippen LogP contribution is -2.38. The molecule has 0 aromatic carbocycles. The first-order valence-corrected chi connectivity index (χ1v) is 8.84. The second kappa shape index (κ2) is 4.68. The minimum absolute atomic E-state index is 0.122. The van der Waals surface area contributed by atoms with E-state index < -0.39 is 10.0 Å². The Labute approximate surface area is 122 Å². The van der Waals surface area contributed by atoms with Crippen LogP contribution in [0.25, 0.3) is 0 Å². The zero-order valence-electron chi connectivity index (χ0n) is 11.7. The fourth-order valence-corrected chi connectivity index (χ4v) is 5.76. The number of rotatable bonds is 2. The van der Waals surface area contributed by atoms with Crippen molar-refractivity contribution < 1.29 is 8.42 Å². The van der Waals surface area contributed by atoms with Crippen LogP contribution in [0.2, 0.25) is 0 Å². The van der Waals surface area contributed by atoms with Crippen LogP contribution in [0.15, 0.2) is 16.3 Å². The van der Waals surface area contributed by atoms with Crippen molar-refractivity contribution in [2.75, 3.05) is 6.54 Å². The molecule has 1 unspecified atom stereocenters. The summed E-state index contributed by atoms with van der Waals surface area (Å²) in [5.74, 6) is 0. The highest BCUT2D eigenvalue weighted by Gasteiger charge is 2.36. The third-order valence-electron chi connectivity index (χ3n) is 3.85. The number of nitrogens with zero attached hydrogens (tertiary/aromatic N) is 2. The van der Waals surface area contributed by atoms with Crippen molar-refractivity contribution in [1.82, 2.24) is 14.5 Å². The largest absolute Gasteiger partial charge is 0.281 e. The average molecular weight is 311 g/mol. The molecule has 0 radical (unpaired) electrons. The molecule has 3 heterocycles. The van der Waals surface area contributed by atoms with E-state index in [2.05, 4.69) is 10.2 Å². The van der Waals surface area contributed by atoms with Gasteiger partial charge in [-0.25, -0.2) is 8.42 Å². The van der Waals surface area contributed by atoms with Crippen molar-refractivity contribution in [3.8, 4) is 0 Å². The van der Waals surface area contributed by atoms with E-state index in [1.165, 1.54) is 4.88 Å². The highest BCUT2D eigenvalue weighted by molar-refractivity contribution is 7.89. The molecule has 0 spiro atoms. The summed E-state index contributed by atoms with van der Waals surface area (Å²) in [7, 11) is -3.51. The Bertz CT molecular complexity index is 726. The number of hydrogen-bond acceptors (Lipinski definition) is 4. The lowest BCUT2D eigenvalue weighted by atomic mass is 10.0. The third-order valence-corrected chi connectivity index (χ3v) is 7.08. The van der Waals surface area contributed by atoms with Crippen LogP contribution in [0.5, 0.6) is 0 Å². The molecule has 1 aliphatic heterocycles. The smallest absolute Gasteiger partial charge is 0.247 e. The number of aromatic amines is 1. The van der Waals surface area contributed by atoms with E-state index in [1.807, 2.05) is 18.4 Å². The summed E-state index contributed by atoms with van der Waals surface area (Å²) in [6, 6.07) is 1.91. The van der Waals surface area contributed by atoms with Gasteiger partial charge in [0.15, 0.2) is 0 Å². The van der Waals surface area contributed by atoms with E-state index in [4.69, 9.17) is 0 Å². The van der Waals surface area contributed by atoms with Gasteiger partial charge < -0.3 is 0 Å². The van der Waals surface area contributed by atoms with Crippen molar-refractivity contribution in [2.24, 2.45) is 0 Å². The Morgan fingerprint density at radius 1 is 1.45 bits per heavy atom. The lowest BCUT2D eigenvalue weighted by molar-refractivity contribution is 0.329. The van der Waals surface area contributed by atoms with Crippen molar-refractivity contribution in [3.63, 3.8) is 0 Å². The van der Waals surface area contributed by atoms with Crippen LogP contribution < -0.4 is 0 Å². The van der Waals surface area contributed by atoms with E-state index >= 15 is 0 Å². The van der Waals surface area contributed by atoms with Gasteiger partial charge in [-0.2, -0.15) is 9.40 Å². The van der Waals surface area contributed by atoms with Gasteiger partial charge in [0.05, 0.1) is 11.4 Å². The average Bonchev–Trinajstić information content (AvgIpc) is 2.97. The highest BCUT2D eigenvalue weighted by atomic mass is 32.2. The summed E-state index contributed by atoms with van der Waals surface area (Å²) in [4.78, 5) is 1.62. The summed E-state index contributed by atoms with van der Waals surface area (Å²) in [6.45, 7) is 5.95. The SMILES string of the molecule is Cc1n[nH]c(C)c1S(=O)(=O)N1CCc2sccc2C1C. The van der Waals surface area contributed by atoms with Crippen LogP contribution in [0, 0.1) is 13.8 Å². The van der Waals surface area contributed by atoms with Gasteiger partial charge in [-0.3, -0.25) is 5.10 Å². The number of hydrogen-bond donors (Lipinski definition) is 1. The van der Waals surface area contributed by atoms with Crippen LogP contribution in [-0.2, 0) is 16.4 Å². The molecule has 20 heavy (non-hydrogen) atoms. The van der Waals surface area contributed by atoms with E-state index in [-0.39, 0.29) is 6.04 Å². The van der Waals surface area contributed by atoms with Crippen molar-refractivity contribution in [1.29, 1.82) is 0 Å². The summed E-state index contributed by atoms with van der Waals surface area (Å²) >= 11 is 1.71. The normalized spacial score (nSPS) is 20.1. The second-order valence-electron chi connectivity index (χ2n) is 5.10. The first-order valence-electron chi connectivity index (χ1n) is 6.52. The van der Waals surface area contributed by atoms with E-state index in [0.29, 0.717) is 22.8 Å². The van der Waals surface area contributed by atoms with Gasteiger partial charge in [-0.1, -0.05) is 0 Å². The molecular formula is C13H17N3O2S2. The molecule has 1 N–H and O–H groups in total. The lowest BCUT2D eigenvalue weighted by Gasteiger charge is -2.32.